The Hall–Kier alpha value is -1.09. The molecule has 1 amide bonds. The maximum absolute atomic E-state index is 12.7. The third-order valence-electron chi connectivity index (χ3n) is 2.87. The van der Waals surface area contributed by atoms with Crippen molar-refractivity contribution in [3.8, 4) is 0 Å². The highest BCUT2D eigenvalue weighted by molar-refractivity contribution is 5.84. The molecule has 0 radical (unpaired) electrons. The third kappa shape index (κ3) is 3.27. The van der Waals surface area contributed by atoms with E-state index in [2.05, 4.69) is 0 Å². The maximum atomic E-state index is 12.7. The summed E-state index contributed by atoms with van der Waals surface area (Å²) in [5.41, 5.74) is 0. The number of halogens is 8. The molecule has 0 aromatic carbocycles. The quantitative estimate of drug-likeness (QED) is 0.682. The van der Waals surface area contributed by atoms with E-state index in [0.29, 0.717) is 0 Å². The lowest BCUT2D eigenvalue weighted by Crippen LogP contribution is -2.54. The number of amides is 1. The van der Waals surface area contributed by atoms with E-state index in [4.69, 9.17) is 0 Å². The van der Waals surface area contributed by atoms with Crippen molar-refractivity contribution < 1.29 is 39.9 Å². The Morgan fingerprint density at radius 3 is 1.63 bits per heavy atom. The summed E-state index contributed by atoms with van der Waals surface area (Å²) >= 11 is 0. The molecule has 1 rings (SSSR count). The summed E-state index contributed by atoms with van der Waals surface area (Å²) in [5.74, 6) is -9.85. The van der Waals surface area contributed by atoms with E-state index in [0.717, 1.165) is 0 Å². The van der Waals surface area contributed by atoms with Gasteiger partial charge in [-0.25, -0.2) is 0 Å². The molecule has 1 saturated heterocycles. The van der Waals surface area contributed by atoms with Crippen LogP contribution in [0.1, 0.15) is 12.8 Å². The van der Waals surface area contributed by atoms with E-state index in [9.17, 15) is 39.9 Å². The van der Waals surface area contributed by atoms with Crippen molar-refractivity contribution >= 4 is 5.91 Å². The highest BCUT2D eigenvalue weighted by Gasteiger charge is 2.64. The number of rotatable bonds is 1. The molecule has 0 bridgehead atoms. The number of carbonyl (C=O) groups is 1. The van der Waals surface area contributed by atoms with E-state index in [1.54, 1.807) is 0 Å². The molecular formula is C9H9F8NO. The molecule has 112 valence electrons. The van der Waals surface area contributed by atoms with Crippen LogP contribution < -0.4 is 0 Å². The predicted molar refractivity (Wildman–Crippen MR) is 46.4 cm³/mol. The summed E-state index contributed by atoms with van der Waals surface area (Å²) < 4.78 is 98.0. The van der Waals surface area contributed by atoms with Gasteiger partial charge >= 0.3 is 24.2 Å². The van der Waals surface area contributed by atoms with Crippen LogP contribution in [0.15, 0.2) is 0 Å². The van der Waals surface area contributed by atoms with Gasteiger partial charge in [-0.05, 0) is 12.8 Å². The van der Waals surface area contributed by atoms with Crippen molar-refractivity contribution in [2.24, 2.45) is 5.92 Å². The molecule has 1 heterocycles. The molecule has 0 atom stereocenters. The molecule has 1 aliphatic rings. The Balaban J connectivity index is 2.69. The molecule has 0 saturated carbocycles. The Morgan fingerprint density at radius 2 is 1.32 bits per heavy atom. The largest absolute Gasteiger partial charge is 0.463 e. The Labute approximate surface area is 102 Å². The molecule has 1 fully saturated rings. The smallest absolute Gasteiger partial charge is 0.337 e. The van der Waals surface area contributed by atoms with Gasteiger partial charge < -0.3 is 4.90 Å². The van der Waals surface area contributed by atoms with Crippen LogP contribution in [0.5, 0.6) is 0 Å². The first kappa shape index (κ1) is 16.0. The van der Waals surface area contributed by atoms with Crippen LogP contribution in [0.25, 0.3) is 0 Å². The van der Waals surface area contributed by atoms with Crippen LogP contribution in [0.2, 0.25) is 0 Å². The van der Waals surface area contributed by atoms with Crippen molar-refractivity contribution in [3.63, 3.8) is 0 Å². The summed E-state index contributed by atoms with van der Waals surface area (Å²) in [6.45, 7) is -1.54. The third-order valence-corrected chi connectivity index (χ3v) is 2.87. The van der Waals surface area contributed by atoms with E-state index >= 15 is 0 Å². The minimum absolute atomic E-state index is 0.121. The second-order valence-electron chi connectivity index (χ2n) is 4.18. The van der Waals surface area contributed by atoms with Gasteiger partial charge in [0.25, 0.3) is 0 Å². The van der Waals surface area contributed by atoms with E-state index < -0.39 is 56.0 Å². The number of nitrogens with zero attached hydrogens (tertiary/aromatic N) is 1. The SMILES string of the molecule is O=C(N1CCC(C(F)(F)F)CC1)C(F)(F)C(F)(F)F. The zero-order chi connectivity index (χ0) is 15.1. The van der Waals surface area contributed by atoms with Gasteiger partial charge in [-0.3, -0.25) is 4.79 Å². The zero-order valence-electron chi connectivity index (χ0n) is 9.28. The van der Waals surface area contributed by atoms with Gasteiger partial charge in [-0.1, -0.05) is 0 Å². The fourth-order valence-electron chi connectivity index (χ4n) is 1.73. The summed E-state index contributed by atoms with van der Waals surface area (Å²) in [6.07, 6.45) is -11.9. The molecule has 0 aliphatic carbocycles. The van der Waals surface area contributed by atoms with Crippen LogP contribution in [-0.4, -0.2) is 42.2 Å². The minimum atomic E-state index is -6.05. The van der Waals surface area contributed by atoms with E-state index in [-0.39, 0.29) is 4.90 Å². The molecule has 0 N–H and O–H groups in total. The lowest BCUT2D eigenvalue weighted by Gasteiger charge is -2.34. The van der Waals surface area contributed by atoms with E-state index in [1.165, 1.54) is 0 Å². The first-order valence-corrected chi connectivity index (χ1v) is 5.18. The number of piperidine rings is 1. The molecule has 0 aromatic heterocycles. The van der Waals surface area contributed by atoms with Crippen molar-refractivity contribution in [3.05, 3.63) is 0 Å². The fourth-order valence-corrected chi connectivity index (χ4v) is 1.73. The van der Waals surface area contributed by atoms with Gasteiger partial charge in [0.1, 0.15) is 0 Å². The van der Waals surface area contributed by atoms with Crippen LogP contribution in [0, 0.1) is 5.92 Å². The molecule has 0 aromatic rings. The van der Waals surface area contributed by atoms with Crippen LogP contribution in [0.4, 0.5) is 35.1 Å². The van der Waals surface area contributed by atoms with E-state index in [1.807, 2.05) is 0 Å². The average Bonchev–Trinajstić information content (AvgIpc) is 2.25. The molecule has 10 heteroatoms. The van der Waals surface area contributed by atoms with Crippen LogP contribution in [-0.2, 0) is 4.79 Å². The second kappa shape index (κ2) is 4.78. The number of hydrogen-bond donors (Lipinski definition) is 0. The zero-order valence-corrected chi connectivity index (χ0v) is 9.28. The molecule has 1 aliphatic heterocycles. The van der Waals surface area contributed by atoms with Crippen molar-refractivity contribution in [1.29, 1.82) is 0 Å². The minimum Gasteiger partial charge on any atom is -0.337 e. The summed E-state index contributed by atoms with van der Waals surface area (Å²) in [7, 11) is 0. The highest BCUT2D eigenvalue weighted by Crippen LogP contribution is 2.39. The van der Waals surface area contributed by atoms with Gasteiger partial charge in [0.2, 0.25) is 0 Å². The van der Waals surface area contributed by atoms with Gasteiger partial charge in [-0.15, -0.1) is 0 Å². The van der Waals surface area contributed by atoms with Gasteiger partial charge in [0.15, 0.2) is 0 Å². The molecule has 0 spiro atoms. The molecule has 2 nitrogen and oxygen atoms in total. The fraction of sp³-hybridized carbons (Fsp3) is 0.889. The Bertz CT molecular complexity index is 339. The summed E-state index contributed by atoms with van der Waals surface area (Å²) in [4.78, 5) is 11.1. The number of carbonyl (C=O) groups excluding carboxylic acids is 1. The average molecular weight is 299 g/mol. The predicted octanol–water partition coefficient (Wildman–Crippen LogP) is 2.98. The standard InChI is InChI=1S/C9H9F8NO/c10-7(11,9(15,16)17)6(19)18-3-1-5(2-4-18)8(12,13)14/h5H,1-4H2. The number of hydrogen-bond acceptors (Lipinski definition) is 1. The summed E-state index contributed by atoms with van der Waals surface area (Å²) in [5, 5.41) is 0. The monoisotopic (exact) mass is 299 g/mol. The first-order chi connectivity index (χ1) is 8.37. The highest BCUT2D eigenvalue weighted by atomic mass is 19.4. The lowest BCUT2D eigenvalue weighted by atomic mass is 9.96. The lowest BCUT2D eigenvalue weighted by molar-refractivity contribution is -0.275. The van der Waals surface area contributed by atoms with Crippen molar-refractivity contribution in [2.75, 3.05) is 13.1 Å². The molecule has 0 unspecified atom stereocenters. The Morgan fingerprint density at radius 1 is 0.895 bits per heavy atom. The number of alkyl halides is 8. The second-order valence-corrected chi connectivity index (χ2v) is 4.18. The van der Waals surface area contributed by atoms with Crippen LogP contribution >= 0.6 is 0 Å². The molecular weight excluding hydrogens is 290 g/mol. The van der Waals surface area contributed by atoms with Crippen LogP contribution in [0.3, 0.4) is 0 Å². The topological polar surface area (TPSA) is 20.3 Å². The first-order valence-electron chi connectivity index (χ1n) is 5.18. The van der Waals surface area contributed by atoms with Crippen molar-refractivity contribution in [1.82, 2.24) is 4.90 Å². The number of likely N-dealkylation sites (tertiary alicyclic amines) is 1. The molecule has 19 heavy (non-hydrogen) atoms. The Kier molecular flexibility index (Phi) is 4.02. The van der Waals surface area contributed by atoms with Gasteiger partial charge in [-0.2, -0.15) is 35.1 Å². The normalized spacial score (nSPS) is 19.7. The van der Waals surface area contributed by atoms with Crippen molar-refractivity contribution in [2.45, 2.75) is 31.1 Å². The van der Waals surface area contributed by atoms with Gasteiger partial charge in [0, 0.05) is 13.1 Å². The maximum Gasteiger partial charge on any atom is 0.463 e. The summed E-state index contributed by atoms with van der Waals surface area (Å²) in [6, 6.07) is 0. The van der Waals surface area contributed by atoms with Gasteiger partial charge in [0.05, 0.1) is 5.92 Å².